The largest absolute Gasteiger partial charge is 0.393 e. The lowest BCUT2D eigenvalue weighted by Crippen LogP contribution is -2.32. The van der Waals surface area contributed by atoms with Gasteiger partial charge in [0.1, 0.15) is 0 Å². The van der Waals surface area contributed by atoms with Crippen LogP contribution in [0.5, 0.6) is 0 Å². The summed E-state index contributed by atoms with van der Waals surface area (Å²) in [7, 11) is -3.06. The Labute approximate surface area is 176 Å². The maximum absolute atomic E-state index is 11.4. The van der Waals surface area contributed by atoms with E-state index in [1.165, 1.54) is 46.8 Å². The SMILES string of the molecule is C=C1CC[C@H](O)C/C1=C/C=C1\CCC[C@]2(C)C([C@H](C)C/C=C/S(C)(=O)=O)=CC[C@@H]12. The number of aliphatic hydroxyl groups is 1. The lowest BCUT2D eigenvalue weighted by Gasteiger charge is -2.42. The van der Waals surface area contributed by atoms with Gasteiger partial charge < -0.3 is 5.11 Å². The molecule has 3 aliphatic rings. The van der Waals surface area contributed by atoms with E-state index in [4.69, 9.17) is 0 Å². The smallest absolute Gasteiger partial charge is 0.168 e. The maximum atomic E-state index is 11.4. The molecule has 4 atom stereocenters. The minimum atomic E-state index is -3.06. The van der Waals surface area contributed by atoms with Crippen LogP contribution in [0.4, 0.5) is 0 Å². The average Bonchev–Trinajstić information content (AvgIpc) is 2.99. The molecule has 0 aromatic heterocycles. The summed E-state index contributed by atoms with van der Waals surface area (Å²) in [6, 6.07) is 0. The third-order valence-electron chi connectivity index (χ3n) is 7.16. The van der Waals surface area contributed by atoms with Gasteiger partial charge in [-0.1, -0.05) is 61.4 Å². The molecule has 0 aromatic rings. The van der Waals surface area contributed by atoms with Crippen molar-refractivity contribution in [2.75, 3.05) is 6.26 Å². The predicted octanol–water partition coefficient (Wildman–Crippen LogP) is 5.66. The van der Waals surface area contributed by atoms with E-state index in [1.807, 2.05) is 6.08 Å². The molecule has 4 heteroatoms. The summed E-state index contributed by atoms with van der Waals surface area (Å²) in [5.74, 6) is 0.889. The fourth-order valence-electron chi connectivity index (χ4n) is 5.57. The molecule has 160 valence electrons. The molecule has 0 unspecified atom stereocenters. The monoisotopic (exact) mass is 416 g/mol. The van der Waals surface area contributed by atoms with Crippen LogP contribution >= 0.6 is 0 Å². The van der Waals surface area contributed by atoms with Crippen molar-refractivity contribution in [2.24, 2.45) is 17.3 Å². The fraction of sp³-hybridized carbons (Fsp3) is 0.600. The first-order valence-electron chi connectivity index (χ1n) is 10.9. The highest BCUT2D eigenvalue weighted by atomic mass is 32.2. The Morgan fingerprint density at radius 1 is 1.34 bits per heavy atom. The number of sulfone groups is 1. The second-order valence-corrected chi connectivity index (χ2v) is 11.4. The van der Waals surface area contributed by atoms with Gasteiger partial charge >= 0.3 is 0 Å². The Kier molecular flexibility index (Phi) is 6.74. The first-order valence-corrected chi connectivity index (χ1v) is 12.9. The Morgan fingerprint density at radius 2 is 2.10 bits per heavy atom. The topological polar surface area (TPSA) is 54.4 Å². The lowest BCUT2D eigenvalue weighted by molar-refractivity contribution is 0.158. The van der Waals surface area contributed by atoms with E-state index < -0.39 is 9.84 Å². The predicted molar refractivity (Wildman–Crippen MR) is 121 cm³/mol. The van der Waals surface area contributed by atoms with E-state index in [-0.39, 0.29) is 11.5 Å². The van der Waals surface area contributed by atoms with Crippen LogP contribution in [0, 0.1) is 17.3 Å². The van der Waals surface area contributed by atoms with Crippen LogP contribution in [0.15, 0.2) is 58.6 Å². The second kappa shape index (κ2) is 8.77. The molecule has 0 aromatic carbocycles. The zero-order valence-electron chi connectivity index (χ0n) is 18.2. The zero-order chi connectivity index (χ0) is 21.2. The fourth-order valence-corrected chi connectivity index (χ4v) is 6.03. The Balaban J connectivity index is 1.75. The van der Waals surface area contributed by atoms with Gasteiger partial charge in [0.15, 0.2) is 9.84 Å². The van der Waals surface area contributed by atoms with Crippen LogP contribution < -0.4 is 0 Å². The maximum Gasteiger partial charge on any atom is 0.168 e. The van der Waals surface area contributed by atoms with E-state index >= 15 is 0 Å². The summed E-state index contributed by atoms with van der Waals surface area (Å²) in [4.78, 5) is 0. The van der Waals surface area contributed by atoms with Crippen LogP contribution in [0.2, 0.25) is 0 Å². The van der Waals surface area contributed by atoms with Gasteiger partial charge in [-0.25, -0.2) is 8.42 Å². The molecule has 0 amide bonds. The van der Waals surface area contributed by atoms with Crippen LogP contribution in [0.3, 0.4) is 0 Å². The molecule has 2 saturated carbocycles. The highest BCUT2D eigenvalue weighted by molar-refractivity contribution is 7.93. The minimum Gasteiger partial charge on any atom is -0.393 e. The average molecular weight is 417 g/mol. The first kappa shape index (κ1) is 22.3. The molecule has 0 saturated heterocycles. The van der Waals surface area contributed by atoms with Gasteiger partial charge in [-0.05, 0) is 74.2 Å². The normalized spacial score (nSPS) is 34.6. The molecule has 3 aliphatic carbocycles. The molecule has 0 aliphatic heterocycles. The molecule has 29 heavy (non-hydrogen) atoms. The standard InChI is InChI=1S/C25H36O3S/c1-18-9-12-22(26)17-21(18)11-10-20-8-5-15-25(3)23(13-14-24(20)25)19(2)7-6-16-29(4,27)28/h6,10-11,13,16,19,22,24,26H,1,5,7-9,12,14-15,17H2,2-4H3/b16-6+,20-10+,21-11-/t19-,22+,24+,25-/m1/s1. The number of rotatable bonds is 5. The molecule has 0 spiro atoms. The van der Waals surface area contributed by atoms with Crippen molar-refractivity contribution in [1.82, 2.24) is 0 Å². The van der Waals surface area contributed by atoms with Crippen LogP contribution in [0.1, 0.15) is 65.2 Å². The number of fused-ring (bicyclic) bond motifs is 1. The summed E-state index contributed by atoms with van der Waals surface area (Å²) in [5, 5.41) is 11.3. The van der Waals surface area contributed by atoms with Crippen molar-refractivity contribution in [3.8, 4) is 0 Å². The summed E-state index contributed by atoms with van der Waals surface area (Å²) < 4.78 is 22.8. The Hall–Kier alpha value is -1.39. The van der Waals surface area contributed by atoms with Crippen molar-refractivity contribution in [3.05, 3.63) is 58.6 Å². The van der Waals surface area contributed by atoms with Crippen molar-refractivity contribution in [3.63, 3.8) is 0 Å². The first-order chi connectivity index (χ1) is 13.6. The Morgan fingerprint density at radius 3 is 2.83 bits per heavy atom. The van der Waals surface area contributed by atoms with E-state index in [1.54, 1.807) is 0 Å². The highest BCUT2D eigenvalue weighted by Crippen LogP contribution is 2.56. The molecule has 3 rings (SSSR count). The quantitative estimate of drug-likeness (QED) is 0.588. The molecule has 3 nitrogen and oxygen atoms in total. The lowest BCUT2D eigenvalue weighted by atomic mass is 9.62. The number of hydrogen-bond acceptors (Lipinski definition) is 3. The van der Waals surface area contributed by atoms with Gasteiger partial charge in [0.25, 0.3) is 0 Å². The van der Waals surface area contributed by atoms with E-state index in [0.717, 1.165) is 38.5 Å². The van der Waals surface area contributed by atoms with Crippen molar-refractivity contribution in [2.45, 2.75) is 71.3 Å². The molecule has 0 heterocycles. The van der Waals surface area contributed by atoms with Gasteiger partial charge in [-0.15, -0.1) is 0 Å². The zero-order valence-corrected chi connectivity index (χ0v) is 19.0. The molecular formula is C25H36O3S. The van der Waals surface area contributed by atoms with Crippen molar-refractivity contribution < 1.29 is 13.5 Å². The van der Waals surface area contributed by atoms with Crippen LogP contribution in [-0.2, 0) is 9.84 Å². The summed E-state index contributed by atoms with van der Waals surface area (Å²) >= 11 is 0. The molecule has 0 bridgehead atoms. The van der Waals surface area contributed by atoms with Gasteiger partial charge in [0, 0.05) is 11.7 Å². The minimum absolute atomic E-state index is 0.171. The van der Waals surface area contributed by atoms with Gasteiger partial charge in [0.2, 0.25) is 0 Å². The number of allylic oxidation sites excluding steroid dienone is 7. The van der Waals surface area contributed by atoms with Crippen molar-refractivity contribution in [1.29, 1.82) is 0 Å². The van der Waals surface area contributed by atoms with Crippen LogP contribution in [-0.4, -0.2) is 25.9 Å². The third kappa shape index (κ3) is 5.21. The van der Waals surface area contributed by atoms with E-state index in [2.05, 4.69) is 38.7 Å². The van der Waals surface area contributed by atoms with E-state index in [0.29, 0.717) is 11.8 Å². The van der Waals surface area contributed by atoms with Crippen LogP contribution in [0.25, 0.3) is 0 Å². The number of hydrogen-bond donors (Lipinski definition) is 1. The molecule has 0 radical (unpaired) electrons. The van der Waals surface area contributed by atoms with Gasteiger partial charge in [-0.3, -0.25) is 0 Å². The Bertz CT molecular complexity index is 872. The van der Waals surface area contributed by atoms with Crippen molar-refractivity contribution >= 4 is 9.84 Å². The third-order valence-corrected chi connectivity index (χ3v) is 7.85. The summed E-state index contributed by atoms with van der Waals surface area (Å²) in [6.45, 7) is 8.81. The second-order valence-electron chi connectivity index (χ2n) is 9.49. The highest BCUT2D eigenvalue weighted by Gasteiger charge is 2.45. The summed E-state index contributed by atoms with van der Waals surface area (Å²) in [5.41, 5.74) is 5.56. The summed E-state index contributed by atoms with van der Waals surface area (Å²) in [6.07, 6.45) is 17.6. The molecule has 1 N–H and O–H groups in total. The van der Waals surface area contributed by atoms with Gasteiger partial charge in [-0.2, -0.15) is 0 Å². The number of aliphatic hydroxyl groups excluding tert-OH is 1. The van der Waals surface area contributed by atoms with E-state index in [9.17, 15) is 13.5 Å². The van der Waals surface area contributed by atoms with Gasteiger partial charge in [0.05, 0.1) is 6.10 Å². The molecule has 2 fully saturated rings. The molecular weight excluding hydrogens is 380 g/mol.